The van der Waals surface area contributed by atoms with Gasteiger partial charge in [0.2, 0.25) is 0 Å². The normalized spacial score (nSPS) is 10.4. The lowest BCUT2D eigenvalue weighted by Gasteiger charge is -2.10. The van der Waals surface area contributed by atoms with E-state index in [1.165, 1.54) is 5.56 Å². The number of benzene rings is 2. The van der Waals surface area contributed by atoms with Crippen molar-refractivity contribution in [3.8, 4) is 11.1 Å². The second-order valence-electron chi connectivity index (χ2n) is 3.61. The fourth-order valence-electron chi connectivity index (χ4n) is 1.80. The van der Waals surface area contributed by atoms with Crippen molar-refractivity contribution in [3.63, 3.8) is 0 Å². The Balaban J connectivity index is 2.63. The highest BCUT2D eigenvalue weighted by Crippen LogP contribution is 2.35. The molecule has 0 heterocycles. The van der Waals surface area contributed by atoms with Crippen LogP contribution in [0.1, 0.15) is 12.5 Å². The molecule has 0 unspecified atom stereocenters. The van der Waals surface area contributed by atoms with Gasteiger partial charge in [-0.2, -0.15) is 0 Å². The molecule has 2 heteroatoms. The maximum Gasteiger partial charge on any atom is 0.0670 e. The van der Waals surface area contributed by atoms with Crippen LogP contribution in [0.3, 0.4) is 0 Å². The van der Waals surface area contributed by atoms with Gasteiger partial charge in [0.15, 0.2) is 0 Å². The summed E-state index contributed by atoms with van der Waals surface area (Å²) in [5.74, 6) is 0. The summed E-state index contributed by atoms with van der Waals surface area (Å²) >= 11 is 12.3. The van der Waals surface area contributed by atoms with Gasteiger partial charge in [0.05, 0.1) is 10.0 Å². The molecule has 0 fully saturated rings. The predicted octanol–water partition coefficient (Wildman–Crippen LogP) is 5.22. The summed E-state index contributed by atoms with van der Waals surface area (Å²) in [6, 6.07) is 14.0. The summed E-state index contributed by atoms with van der Waals surface area (Å²) in [6.07, 6.45) is 0.985. The van der Waals surface area contributed by atoms with Gasteiger partial charge >= 0.3 is 0 Å². The van der Waals surface area contributed by atoms with Gasteiger partial charge in [-0.25, -0.2) is 0 Å². The molecule has 0 saturated carbocycles. The molecule has 0 bridgehead atoms. The minimum Gasteiger partial charge on any atom is -0.0827 e. The maximum absolute atomic E-state index is 6.22. The Morgan fingerprint density at radius 2 is 1.56 bits per heavy atom. The van der Waals surface area contributed by atoms with Crippen LogP contribution in [0, 0.1) is 0 Å². The maximum atomic E-state index is 6.22. The minimum absolute atomic E-state index is 0.602. The van der Waals surface area contributed by atoms with E-state index >= 15 is 0 Å². The number of halogens is 2. The van der Waals surface area contributed by atoms with Crippen LogP contribution >= 0.6 is 23.2 Å². The van der Waals surface area contributed by atoms with E-state index in [1.54, 1.807) is 0 Å². The standard InChI is InChI=1S/C14H12Cl2/c1-2-10-6-3-4-7-11(10)12-8-5-9-13(15)14(12)16/h3-9H,2H2,1H3. The lowest BCUT2D eigenvalue weighted by atomic mass is 9.98. The first-order chi connectivity index (χ1) is 7.74. The number of aryl methyl sites for hydroxylation is 1. The molecule has 0 aliphatic heterocycles. The third-order valence-corrected chi connectivity index (χ3v) is 3.46. The second-order valence-corrected chi connectivity index (χ2v) is 4.40. The zero-order chi connectivity index (χ0) is 11.5. The summed E-state index contributed by atoms with van der Waals surface area (Å²) < 4.78 is 0. The molecule has 0 nitrogen and oxygen atoms in total. The average Bonchev–Trinajstić information content (AvgIpc) is 2.33. The first-order valence-corrected chi connectivity index (χ1v) is 6.02. The van der Waals surface area contributed by atoms with Crippen molar-refractivity contribution in [2.75, 3.05) is 0 Å². The van der Waals surface area contributed by atoms with Gasteiger partial charge in [0.1, 0.15) is 0 Å². The summed E-state index contributed by atoms with van der Waals surface area (Å²) in [6.45, 7) is 2.14. The van der Waals surface area contributed by atoms with Crippen LogP contribution in [0.25, 0.3) is 11.1 Å². The van der Waals surface area contributed by atoms with Gasteiger partial charge < -0.3 is 0 Å². The van der Waals surface area contributed by atoms with Gasteiger partial charge in [-0.1, -0.05) is 66.5 Å². The zero-order valence-electron chi connectivity index (χ0n) is 9.00. The molecule has 0 radical (unpaired) electrons. The Morgan fingerprint density at radius 1 is 0.875 bits per heavy atom. The molecule has 0 aromatic heterocycles. The Morgan fingerprint density at radius 3 is 2.31 bits per heavy atom. The minimum atomic E-state index is 0.602. The Kier molecular flexibility index (Phi) is 3.52. The molecular weight excluding hydrogens is 239 g/mol. The van der Waals surface area contributed by atoms with E-state index in [0.717, 1.165) is 17.5 Å². The Hall–Kier alpha value is -0.980. The fourth-order valence-corrected chi connectivity index (χ4v) is 2.21. The van der Waals surface area contributed by atoms with E-state index in [4.69, 9.17) is 23.2 Å². The van der Waals surface area contributed by atoms with E-state index in [2.05, 4.69) is 19.1 Å². The number of hydrogen-bond acceptors (Lipinski definition) is 0. The summed E-state index contributed by atoms with van der Waals surface area (Å²) in [4.78, 5) is 0. The third-order valence-electron chi connectivity index (χ3n) is 2.64. The predicted molar refractivity (Wildman–Crippen MR) is 71.3 cm³/mol. The average molecular weight is 251 g/mol. The van der Waals surface area contributed by atoms with E-state index in [0.29, 0.717) is 10.0 Å². The topological polar surface area (TPSA) is 0 Å². The third kappa shape index (κ3) is 2.09. The summed E-state index contributed by atoms with van der Waals surface area (Å²) in [5, 5.41) is 1.23. The molecular formula is C14H12Cl2. The highest BCUT2D eigenvalue weighted by molar-refractivity contribution is 6.43. The van der Waals surface area contributed by atoms with Crippen LogP contribution in [0.15, 0.2) is 42.5 Å². The van der Waals surface area contributed by atoms with Crippen LogP contribution in [0.5, 0.6) is 0 Å². The molecule has 0 spiro atoms. The lowest BCUT2D eigenvalue weighted by molar-refractivity contribution is 1.14. The molecule has 0 saturated heterocycles. The van der Waals surface area contributed by atoms with Gasteiger partial charge in [-0.05, 0) is 23.6 Å². The van der Waals surface area contributed by atoms with Crippen LogP contribution in [-0.4, -0.2) is 0 Å². The number of rotatable bonds is 2. The van der Waals surface area contributed by atoms with Crippen molar-refractivity contribution < 1.29 is 0 Å². The van der Waals surface area contributed by atoms with Crippen molar-refractivity contribution in [3.05, 3.63) is 58.1 Å². The molecule has 82 valence electrons. The quantitative estimate of drug-likeness (QED) is 0.686. The van der Waals surface area contributed by atoms with Gasteiger partial charge in [-0.3, -0.25) is 0 Å². The van der Waals surface area contributed by atoms with Crippen LogP contribution in [0.2, 0.25) is 10.0 Å². The molecule has 0 amide bonds. The van der Waals surface area contributed by atoms with Gasteiger partial charge in [0, 0.05) is 5.56 Å². The van der Waals surface area contributed by atoms with Crippen LogP contribution < -0.4 is 0 Å². The number of hydrogen-bond donors (Lipinski definition) is 0. The summed E-state index contributed by atoms with van der Waals surface area (Å²) in [7, 11) is 0. The molecule has 0 aliphatic carbocycles. The molecule has 16 heavy (non-hydrogen) atoms. The Bertz CT molecular complexity index is 504. The van der Waals surface area contributed by atoms with Gasteiger partial charge in [0.25, 0.3) is 0 Å². The second kappa shape index (κ2) is 4.90. The van der Waals surface area contributed by atoms with E-state index in [-0.39, 0.29) is 0 Å². The first-order valence-electron chi connectivity index (χ1n) is 5.26. The van der Waals surface area contributed by atoms with Crippen LogP contribution in [-0.2, 0) is 6.42 Å². The van der Waals surface area contributed by atoms with E-state index < -0.39 is 0 Å². The van der Waals surface area contributed by atoms with Crippen molar-refractivity contribution in [2.24, 2.45) is 0 Å². The van der Waals surface area contributed by atoms with Crippen molar-refractivity contribution >= 4 is 23.2 Å². The van der Waals surface area contributed by atoms with E-state index in [9.17, 15) is 0 Å². The van der Waals surface area contributed by atoms with E-state index in [1.807, 2.05) is 30.3 Å². The van der Waals surface area contributed by atoms with Crippen molar-refractivity contribution in [1.82, 2.24) is 0 Å². The molecule has 0 aliphatic rings. The van der Waals surface area contributed by atoms with Crippen molar-refractivity contribution in [1.29, 1.82) is 0 Å². The monoisotopic (exact) mass is 250 g/mol. The van der Waals surface area contributed by atoms with Crippen LogP contribution in [0.4, 0.5) is 0 Å². The largest absolute Gasteiger partial charge is 0.0827 e. The Labute approximate surface area is 106 Å². The first kappa shape index (κ1) is 11.5. The zero-order valence-corrected chi connectivity index (χ0v) is 10.5. The lowest BCUT2D eigenvalue weighted by Crippen LogP contribution is -1.88. The molecule has 0 N–H and O–H groups in total. The molecule has 2 aromatic rings. The smallest absolute Gasteiger partial charge is 0.0670 e. The molecule has 0 atom stereocenters. The molecule has 2 rings (SSSR count). The highest BCUT2D eigenvalue weighted by Gasteiger charge is 2.09. The van der Waals surface area contributed by atoms with Crippen molar-refractivity contribution in [2.45, 2.75) is 13.3 Å². The molecule has 2 aromatic carbocycles. The SMILES string of the molecule is CCc1ccccc1-c1cccc(Cl)c1Cl. The summed E-state index contributed by atoms with van der Waals surface area (Å²) in [5.41, 5.74) is 3.45. The van der Waals surface area contributed by atoms with Gasteiger partial charge in [-0.15, -0.1) is 0 Å². The fraction of sp³-hybridized carbons (Fsp3) is 0.143. The highest BCUT2D eigenvalue weighted by atomic mass is 35.5.